The molecule has 0 amide bonds. The highest BCUT2D eigenvalue weighted by Crippen LogP contribution is 1.98. The number of nitrogens with zero attached hydrogens (tertiary/aromatic N) is 2. The van der Waals surface area contributed by atoms with Crippen molar-refractivity contribution in [2.45, 2.75) is 13.5 Å². The first-order valence-electron chi connectivity index (χ1n) is 3.43. The Labute approximate surface area is 65.3 Å². The Morgan fingerprint density at radius 1 is 1.82 bits per heavy atom. The molecule has 0 aliphatic carbocycles. The Balaban J connectivity index is 2.80. The van der Waals surface area contributed by atoms with Gasteiger partial charge in [-0.2, -0.15) is 5.10 Å². The van der Waals surface area contributed by atoms with Gasteiger partial charge < -0.3 is 4.74 Å². The molecule has 0 radical (unpaired) electrons. The van der Waals surface area contributed by atoms with Crippen LogP contribution in [0, 0.1) is 5.41 Å². The lowest BCUT2D eigenvalue weighted by atomic mass is 10.4. The molecule has 4 nitrogen and oxygen atoms in total. The lowest BCUT2D eigenvalue weighted by Gasteiger charge is -1.95. The summed E-state index contributed by atoms with van der Waals surface area (Å²) in [4.78, 5) is 0. The molecule has 0 unspecified atom stereocenters. The van der Waals surface area contributed by atoms with Crippen LogP contribution in [0.4, 0.5) is 0 Å². The summed E-state index contributed by atoms with van der Waals surface area (Å²) in [5.41, 5.74) is 0.717. The van der Waals surface area contributed by atoms with Gasteiger partial charge in [-0.1, -0.05) is 0 Å². The Kier molecular flexibility index (Phi) is 2.25. The summed E-state index contributed by atoms with van der Waals surface area (Å²) in [5, 5.41) is 11.3. The summed E-state index contributed by atoms with van der Waals surface area (Å²) in [5.74, 6) is 0.157. The Hall–Kier alpha value is -1.32. The summed E-state index contributed by atoms with van der Waals surface area (Å²) < 4.78 is 6.48. The zero-order chi connectivity index (χ0) is 8.27. The van der Waals surface area contributed by atoms with Crippen molar-refractivity contribution in [3.05, 3.63) is 18.0 Å². The molecule has 60 valence electrons. The third kappa shape index (κ3) is 1.58. The van der Waals surface area contributed by atoms with Crippen LogP contribution in [-0.4, -0.2) is 22.8 Å². The number of aryl methyl sites for hydroxylation is 1. The Bertz CT molecular complexity index is 254. The summed E-state index contributed by atoms with van der Waals surface area (Å²) in [6, 6.07) is 0. The highest BCUT2D eigenvalue weighted by atomic mass is 16.5. The van der Waals surface area contributed by atoms with Crippen LogP contribution in [0.2, 0.25) is 0 Å². The van der Waals surface area contributed by atoms with Gasteiger partial charge in [0.05, 0.1) is 18.9 Å². The van der Waals surface area contributed by atoms with Gasteiger partial charge in [0.2, 0.25) is 5.90 Å². The average Bonchev–Trinajstić information content (AvgIpc) is 2.50. The molecule has 4 heteroatoms. The molecular weight excluding hydrogens is 142 g/mol. The number of rotatable bonds is 2. The first-order chi connectivity index (χ1) is 5.27. The maximum Gasteiger partial charge on any atom is 0.216 e. The van der Waals surface area contributed by atoms with Crippen molar-refractivity contribution in [1.82, 2.24) is 9.78 Å². The number of aromatic nitrogens is 2. The van der Waals surface area contributed by atoms with Gasteiger partial charge in [-0.05, 0) is 6.92 Å². The van der Waals surface area contributed by atoms with Crippen molar-refractivity contribution in [3.8, 4) is 0 Å². The third-order valence-corrected chi connectivity index (χ3v) is 1.42. The first-order valence-corrected chi connectivity index (χ1v) is 3.43. The van der Waals surface area contributed by atoms with E-state index in [-0.39, 0.29) is 5.90 Å². The van der Waals surface area contributed by atoms with E-state index in [1.54, 1.807) is 17.1 Å². The van der Waals surface area contributed by atoms with Crippen molar-refractivity contribution in [1.29, 1.82) is 5.41 Å². The molecule has 1 aromatic heterocycles. The van der Waals surface area contributed by atoms with Crippen LogP contribution >= 0.6 is 0 Å². The van der Waals surface area contributed by atoms with Gasteiger partial charge in [0.15, 0.2) is 0 Å². The predicted octanol–water partition coefficient (Wildman–Crippen LogP) is 0.875. The monoisotopic (exact) mass is 153 g/mol. The number of hydrogen-bond acceptors (Lipinski definition) is 3. The van der Waals surface area contributed by atoms with Gasteiger partial charge in [0.25, 0.3) is 0 Å². The number of hydrogen-bond donors (Lipinski definition) is 1. The van der Waals surface area contributed by atoms with Crippen LogP contribution in [0.25, 0.3) is 0 Å². The Morgan fingerprint density at radius 2 is 2.55 bits per heavy atom. The van der Waals surface area contributed by atoms with E-state index in [1.165, 1.54) is 7.11 Å². The van der Waals surface area contributed by atoms with Crippen molar-refractivity contribution in [2.24, 2.45) is 0 Å². The van der Waals surface area contributed by atoms with Crippen molar-refractivity contribution in [2.75, 3.05) is 7.11 Å². The first kappa shape index (κ1) is 7.78. The number of nitrogens with one attached hydrogen (secondary N) is 1. The molecule has 0 atom stereocenters. The van der Waals surface area contributed by atoms with Crippen molar-refractivity contribution < 1.29 is 4.74 Å². The lowest BCUT2D eigenvalue weighted by Crippen LogP contribution is -1.99. The van der Waals surface area contributed by atoms with Gasteiger partial charge in [-0.3, -0.25) is 10.1 Å². The average molecular weight is 153 g/mol. The second-order valence-corrected chi connectivity index (χ2v) is 2.12. The van der Waals surface area contributed by atoms with E-state index >= 15 is 0 Å². The van der Waals surface area contributed by atoms with Gasteiger partial charge in [-0.15, -0.1) is 0 Å². The molecule has 1 N–H and O–H groups in total. The SMILES string of the molecule is CCn1cc(C(=N)OC)cn1. The molecule has 0 aromatic carbocycles. The van der Waals surface area contributed by atoms with Crippen LogP contribution in [0.15, 0.2) is 12.4 Å². The van der Waals surface area contributed by atoms with Gasteiger partial charge in [-0.25, -0.2) is 0 Å². The maximum absolute atomic E-state index is 7.29. The highest BCUT2D eigenvalue weighted by Gasteiger charge is 2.02. The third-order valence-electron chi connectivity index (χ3n) is 1.42. The molecule has 0 aliphatic heterocycles. The van der Waals surface area contributed by atoms with E-state index in [0.29, 0.717) is 5.56 Å². The molecule has 0 fully saturated rings. The highest BCUT2D eigenvalue weighted by molar-refractivity contribution is 5.90. The normalized spacial score (nSPS) is 9.64. The van der Waals surface area contributed by atoms with Gasteiger partial charge >= 0.3 is 0 Å². The molecule has 1 heterocycles. The summed E-state index contributed by atoms with van der Waals surface area (Å²) in [7, 11) is 1.48. The van der Waals surface area contributed by atoms with Gasteiger partial charge in [0, 0.05) is 12.7 Å². The van der Waals surface area contributed by atoms with E-state index in [1.807, 2.05) is 6.92 Å². The summed E-state index contributed by atoms with van der Waals surface area (Å²) >= 11 is 0. The molecule has 1 aromatic rings. The van der Waals surface area contributed by atoms with E-state index in [0.717, 1.165) is 6.54 Å². The fraction of sp³-hybridized carbons (Fsp3) is 0.429. The minimum atomic E-state index is 0.157. The molecule has 11 heavy (non-hydrogen) atoms. The molecule has 0 spiro atoms. The lowest BCUT2D eigenvalue weighted by molar-refractivity contribution is 0.401. The number of ether oxygens (including phenoxy) is 1. The topological polar surface area (TPSA) is 50.9 Å². The van der Waals surface area contributed by atoms with E-state index in [2.05, 4.69) is 5.10 Å². The van der Waals surface area contributed by atoms with Crippen LogP contribution < -0.4 is 0 Å². The fourth-order valence-electron chi connectivity index (χ4n) is 0.772. The zero-order valence-electron chi connectivity index (χ0n) is 6.66. The van der Waals surface area contributed by atoms with Gasteiger partial charge in [0.1, 0.15) is 0 Å². The van der Waals surface area contributed by atoms with Crippen molar-refractivity contribution >= 4 is 5.90 Å². The second kappa shape index (κ2) is 3.18. The Morgan fingerprint density at radius 3 is 3.00 bits per heavy atom. The van der Waals surface area contributed by atoms with Crippen LogP contribution in [-0.2, 0) is 11.3 Å². The minimum absolute atomic E-state index is 0.157. The minimum Gasteiger partial charge on any atom is -0.481 e. The number of methoxy groups -OCH3 is 1. The second-order valence-electron chi connectivity index (χ2n) is 2.12. The molecule has 0 bridgehead atoms. The predicted molar refractivity (Wildman–Crippen MR) is 41.7 cm³/mol. The van der Waals surface area contributed by atoms with Crippen LogP contribution in [0.5, 0.6) is 0 Å². The molecule has 1 rings (SSSR count). The van der Waals surface area contributed by atoms with Crippen molar-refractivity contribution in [3.63, 3.8) is 0 Å². The molecule has 0 aliphatic rings. The fourth-order valence-corrected chi connectivity index (χ4v) is 0.772. The standard InChI is InChI=1S/C7H11N3O/c1-3-10-5-6(4-9-10)7(8)11-2/h4-5,8H,3H2,1-2H3. The van der Waals surface area contributed by atoms with Crippen LogP contribution in [0.1, 0.15) is 12.5 Å². The van der Waals surface area contributed by atoms with Crippen LogP contribution in [0.3, 0.4) is 0 Å². The summed E-state index contributed by atoms with van der Waals surface area (Å²) in [6.07, 6.45) is 3.40. The largest absolute Gasteiger partial charge is 0.481 e. The zero-order valence-corrected chi connectivity index (χ0v) is 6.66. The molecular formula is C7H11N3O. The smallest absolute Gasteiger partial charge is 0.216 e. The van der Waals surface area contributed by atoms with E-state index in [9.17, 15) is 0 Å². The van der Waals surface area contributed by atoms with E-state index in [4.69, 9.17) is 10.1 Å². The molecule has 0 saturated heterocycles. The van der Waals surface area contributed by atoms with E-state index < -0.39 is 0 Å². The summed E-state index contributed by atoms with van der Waals surface area (Å²) in [6.45, 7) is 2.81. The quantitative estimate of drug-likeness (QED) is 0.506. The molecule has 0 saturated carbocycles. The maximum atomic E-state index is 7.29.